The molecule has 2 N–H and O–H groups in total. The van der Waals surface area contributed by atoms with E-state index in [1.54, 1.807) is 17.7 Å². The highest BCUT2D eigenvalue weighted by Gasteiger charge is 2.33. The van der Waals surface area contributed by atoms with Crippen molar-refractivity contribution < 1.29 is 14.6 Å². The molecule has 8 heteroatoms. The van der Waals surface area contributed by atoms with Crippen LogP contribution in [0.1, 0.15) is 30.4 Å². The van der Waals surface area contributed by atoms with Crippen molar-refractivity contribution >= 4 is 23.5 Å². The van der Waals surface area contributed by atoms with Crippen LogP contribution in [0.25, 0.3) is 0 Å². The van der Waals surface area contributed by atoms with E-state index in [-0.39, 0.29) is 23.6 Å². The number of phenols is 1. The number of fused-ring (bicyclic) bond motifs is 1. The molecule has 1 atom stereocenters. The van der Waals surface area contributed by atoms with E-state index in [2.05, 4.69) is 10.3 Å². The Hall–Kier alpha value is -2.48. The number of ether oxygens (including phenoxy) is 1. The van der Waals surface area contributed by atoms with Gasteiger partial charge in [-0.2, -0.15) is 4.98 Å². The van der Waals surface area contributed by atoms with Gasteiger partial charge < -0.3 is 19.7 Å². The van der Waals surface area contributed by atoms with Gasteiger partial charge in [0, 0.05) is 31.0 Å². The Bertz CT molecular complexity index is 894. The molecule has 1 unspecified atom stereocenters. The first-order chi connectivity index (χ1) is 12.0. The van der Waals surface area contributed by atoms with Crippen LogP contribution in [-0.4, -0.2) is 33.4 Å². The number of anilines is 1. The number of benzene rings is 1. The second kappa shape index (κ2) is 6.79. The number of phenolic OH excluding ortho intramolecular Hbond substituents is 1. The number of carbonyl (C=O) groups is 1. The van der Waals surface area contributed by atoms with Gasteiger partial charge in [-0.15, -0.1) is 0 Å². The van der Waals surface area contributed by atoms with Crippen molar-refractivity contribution in [1.82, 2.24) is 9.55 Å². The summed E-state index contributed by atoms with van der Waals surface area (Å²) in [5, 5.41) is 13.0. The molecule has 2 aromatic rings. The minimum Gasteiger partial charge on any atom is -0.508 e. The second-order valence-corrected chi connectivity index (χ2v) is 6.92. The van der Waals surface area contributed by atoms with Crippen molar-refractivity contribution in [2.45, 2.75) is 24.4 Å². The summed E-state index contributed by atoms with van der Waals surface area (Å²) in [7, 11) is 3.26. The van der Waals surface area contributed by atoms with Crippen LogP contribution in [0.2, 0.25) is 0 Å². The number of nitrogens with one attached hydrogen (secondary N) is 1. The zero-order chi connectivity index (χ0) is 18.1. The lowest BCUT2D eigenvalue weighted by molar-refractivity contribution is -0.116. The first-order valence-electron chi connectivity index (χ1n) is 7.86. The van der Waals surface area contributed by atoms with E-state index >= 15 is 0 Å². The quantitative estimate of drug-likeness (QED) is 0.640. The zero-order valence-electron chi connectivity index (χ0n) is 14.2. The van der Waals surface area contributed by atoms with Crippen LogP contribution in [0.15, 0.2) is 28.2 Å². The summed E-state index contributed by atoms with van der Waals surface area (Å²) >= 11 is 1.44. The minimum atomic E-state index is -0.480. The molecule has 25 heavy (non-hydrogen) atoms. The third-order valence-electron chi connectivity index (χ3n) is 4.17. The second-order valence-electron chi connectivity index (χ2n) is 5.68. The van der Waals surface area contributed by atoms with Gasteiger partial charge in [-0.05, 0) is 11.8 Å². The number of nitrogens with zero attached hydrogens (tertiary/aromatic N) is 2. The average molecular weight is 361 g/mol. The van der Waals surface area contributed by atoms with E-state index in [4.69, 9.17) is 4.74 Å². The summed E-state index contributed by atoms with van der Waals surface area (Å²) in [6.07, 6.45) is 0.116. The molecule has 1 aliphatic rings. The van der Waals surface area contributed by atoms with Gasteiger partial charge in [0.05, 0.1) is 12.7 Å². The van der Waals surface area contributed by atoms with Gasteiger partial charge >= 0.3 is 0 Å². The molecule has 1 aromatic heterocycles. The molecule has 132 valence electrons. The van der Waals surface area contributed by atoms with Gasteiger partial charge in [0.2, 0.25) is 5.91 Å². The normalized spacial score (nSPS) is 16.3. The van der Waals surface area contributed by atoms with E-state index in [0.29, 0.717) is 27.9 Å². The largest absolute Gasteiger partial charge is 0.508 e. The Balaban J connectivity index is 2.22. The summed E-state index contributed by atoms with van der Waals surface area (Å²) in [6.45, 7) is 1.97. The van der Waals surface area contributed by atoms with Crippen molar-refractivity contribution in [2.75, 3.05) is 18.2 Å². The van der Waals surface area contributed by atoms with Crippen LogP contribution in [0.3, 0.4) is 0 Å². The van der Waals surface area contributed by atoms with Crippen molar-refractivity contribution in [3.8, 4) is 11.5 Å². The number of carbonyl (C=O) groups excluding carboxylic acids is 1. The summed E-state index contributed by atoms with van der Waals surface area (Å²) < 4.78 is 7.07. The summed E-state index contributed by atoms with van der Waals surface area (Å²) in [6, 6.07) is 4.67. The molecular weight excluding hydrogens is 342 g/mol. The maximum absolute atomic E-state index is 12.7. The molecule has 1 aromatic carbocycles. The molecule has 0 aliphatic carbocycles. The van der Waals surface area contributed by atoms with E-state index in [1.807, 2.05) is 6.92 Å². The molecule has 0 spiro atoms. The number of aromatic hydroxyl groups is 1. The van der Waals surface area contributed by atoms with Crippen molar-refractivity contribution in [2.24, 2.45) is 7.05 Å². The Morgan fingerprint density at radius 2 is 2.20 bits per heavy atom. The van der Waals surface area contributed by atoms with Crippen LogP contribution in [-0.2, 0) is 11.8 Å². The molecule has 0 fully saturated rings. The molecule has 1 aliphatic heterocycles. The average Bonchev–Trinajstić information content (AvgIpc) is 2.58. The lowest BCUT2D eigenvalue weighted by Gasteiger charge is -2.28. The number of methoxy groups -OCH3 is 1. The summed E-state index contributed by atoms with van der Waals surface area (Å²) in [5.74, 6) is 1.06. The number of hydrogen-bond acceptors (Lipinski definition) is 6. The molecule has 0 bridgehead atoms. The summed E-state index contributed by atoms with van der Waals surface area (Å²) in [5.41, 5.74) is 0.752. The standard InChI is InChI=1S/C17H19N3O4S/c1-4-25-17-19-16(23)14-11(8-13(22)18-15(14)20(17)2)10-6-5-9(21)7-12(10)24-3/h5-7,11,21H,4,8H2,1-3H3,(H,18,22). The topological polar surface area (TPSA) is 93.5 Å². The molecular formula is C17H19N3O4S. The van der Waals surface area contributed by atoms with E-state index < -0.39 is 5.92 Å². The Morgan fingerprint density at radius 1 is 1.44 bits per heavy atom. The summed E-state index contributed by atoms with van der Waals surface area (Å²) in [4.78, 5) is 29.1. The van der Waals surface area contributed by atoms with Crippen molar-refractivity contribution in [1.29, 1.82) is 0 Å². The molecule has 7 nitrogen and oxygen atoms in total. The van der Waals surface area contributed by atoms with Gasteiger partial charge in [0.1, 0.15) is 17.3 Å². The van der Waals surface area contributed by atoms with Gasteiger partial charge in [0.15, 0.2) is 5.16 Å². The van der Waals surface area contributed by atoms with Crippen LogP contribution in [0, 0.1) is 0 Å². The van der Waals surface area contributed by atoms with Crippen LogP contribution in [0.5, 0.6) is 11.5 Å². The predicted octanol–water partition coefficient (Wildman–Crippen LogP) is 2.08. The number of hydrogen-bond donors (Lipinski definition) is 2. The molecule has 0 saturated carbocycles. The maximum Gasteiger partial charge on any atom is 0.279 e. The lowest BCUT2D eigenvalue weighted by atomic mass is 9.86. The van der Waals surface area contributed by atoms with Gasteiger partial charge in [-0.1, -0.05) is 24.8 Å². The fraction of sp³-hybridized carbons (Fsp3) is 0.353. The first kappa shape index (κ1) is 17.3. The highest BCUT2D eigenvalue weighted by atomic mass is 32.2. The maximum atomic E-state index is 12.7. The number of thioether (sulfide) groups is 1. The van der Waals surface area contributed by atoms with Crippen LogP contribution < -0.4 is 15.6 Å². The highest BCUT2D eigenvalue weighted by Crippen LogP contribution is 2.40. The highest BCUT2D eigenvalue weighted by molar-refractivity contribution is 7.99. The third-order valence-corrected chi connectivity index (χ3v) is 5.08. The Morgan fingerprint density at radius 3 is 2.88 bits per heavy atom. The molecule has 1 amide bonds. The number of aromatic nitrogens is 2. The van der Waals surface area contributed by atoms with Crippen LogP contribution >= 0.6 is 11.8 Å². The van der Waals surface area contributed by atoms with E-state index in [9.17, 15) is 14.7 Å². The van der Waals surface area contributed by atoms with E-state index in [0.717, 1.165) is 5.75 Å². The van der Waals surface area contributed by atoms with Gasteiger partial charge in [0.25, 0.3) is 5.56 Å². The monoisotopic (exact) mass is 361 g/mol. The van der Waals surface area contributed by atoms with Crippen LogP contribution in [0.4, 0.5) is 5.82 Å². The molecule has 0 radical (unpaired) electrons. The molecule has 2 heterocycles. The van der Waals surface area contributed by atoms with Gasteiger partial charge in [-0.3, -0.25) is 9.59 Å². The third kappa shape index (κ3) is 3.09. The number of amides is 1. The lowest BCUT2D eigenvalue weighted by Crippen LogP contribution is -2.33. The molecule has 0 saturated heterocycles. The Labute approximate surface area is 149 Å². The first-order valence-corrected chi connectivity index (χ1v) is 8.85. The fourth-order valence-electron chi connectivity index (χ4n) is 3.05. The Kier molecular flexibility index (Phi) is 4.71. The smallest absolute Gasteiger partial charge is 0.279 e. The molecule has 3 rings (SSSR count). The van der Waals surface area contributed by atoms with Crippen molar-refractivity contribution in [3.05, 3.63) is 39.7 Å². The SMILES string of the molecule is CCSc1nc(=O)c2c(n1C)NC(=O)CC2c1ccc(O)cc1OC. The predicted molar refractivity (Wildman–Crippen MR) is 95.6 cm³/mol. The van der Waals surface area contributed by atoms with Crippen molar-refractivity contribution in [3.63, 3.8) is 0 Å². The number of rotatable bonds is 4. The zero-order valence-corrected chi connectivity index (χ0v) is 15.0. The van der Waals surface area contributed by atoms with E-state index in [1.165, 1.54) is 31.0 Å². The minimum absolute atomic E-state index is 0.0572. The fourth-order valence-corrected chi connectivity index (χ4v) is 3.74. The van der Waals surface area contributed by atoms with Gasteiger partial charge in [-0.25, -0.2) is 0 Å².